The van der Waals surface area contributed by atoms with Gasteiger partial charge in [-0.05, 0) is 35.4 Å². The number of rotatable bonds is 7. The highest BCUT2D eigenvalue weighted by Crippen LogP contribution is 2.29. The first-order valence-corrected chi connectivity index (χ1v) is 8.70. The Bertz CT molecular complexity index is 509. The number of aromatic nitrogens is 2. The van der Waals surface area contributed by atoms with Gasteiger partial charge < -0.3 is 0 Å². The first kappa shape index (κ1) is 14.9. The van der Waals surface area contributed by atoms with E-state index in [0.717, 1.165) is 22.9 Å². The summed E-state index contributed by atoms with van der Waals surface area (Å²) in [5.74, 6) is 1.90. The van der Waals surface area contributed by atoms with E-state index in [9.17, 15) is 0 Å². The summed E-state index contributed by atoms with van der Waals surface area (Å²) in [4.78, 5) is 8.59. The molecule has 0 saturated heterocycles. The molecule has 0 aliphatic carbocycles. The smallest absolute Gasteiger partial charge is 0.0623 e. The third-order valence-corrected chi connectivity index (χ3v) is 4.92. The zero-order valence-corrected chi connectivity index (χ0v) is 12.8. The van der Waals surface area contributed by atoms with Crippen LogP contribution in [0.3, 0.4) is 0 Å². The Kier molecular flexibility index (Phi) is 5.89. The van der Waals surface area contributed by atoms with Gasteiger partial charge in [0.25, 0.3) is 0 Å². The molecule has 0 aliphatic heterocycles. The monoisotopic (exact) mass is 300 g/mol. The molecule has 0 spiro atoms. The van der Waals surface area contributed by atoms with Crippen LogP contribution < -0.4 is 0 Å². The summed E-state index contributed by atoms with van der Waals surface area (Å²) in [7, 11) is 3.65. The van der Waals surface area contributed by atoms with Crippen molar-refractivity contribution in [3.8, 4) is 0 Å². The minimum Gasteiger partial charge on any atom is -0.257 e. The molecule has 0 radical (unpaired) electrons. The Morgan fingerprint density at radius 1 is 0.800 bits per heavy atom. The second kappa shape index (κ2) is 7.92. The van der Waals surface area contributed by atoms with Crippen LogP contribution in [-0.4, -0.2) is 9.97 Å². The molecule has 4 heteroatoms. The summed E-state index contributed by atoms with van der Waals surface area (Å²) in [5, 5.41) is 0. The van der Waals surface area contributed by atoms with E-state index in [2.05, 4.69) is 35.3 Å². The van der Waals surface area contributed by atoms with Crippen molar-refractivity contribution in [2.24, 2.45) is 0 Å². The molecule has 0 amide bonds. The van der Waals surface area contributed by atoms with Crippen LogP contribution in [0.25, 0.3) is 12.2 Å². The van der Waals surface area contributed by atoms with Crippen molar-refractivity contribution in [2.45, 2.75) is 11.5 Å². The van der Waals surface area contributed by atoms with Gasteiger partial charge in [0.15, 0.2) is 0 Å². The molecule has 0 aromatic carbocycles. The Labute approximate surface area is 127 Å². The largest absolute Gasteiger partial charge is 0.257 e. The van der Waals surface area contributed by atoms with E-state index < -0.39 is 0 Å². The van der Waals surface area contributed by atoms with Crippen LogP contribution in [0.15, 0.2) is 49.8 Å². The number of hydrogen-bond acceptors (Lipinski definition) is 4. The van der Waals surface area contributed by atoms with Gasteiger partial charge in [-0.25, -0.2) is 0 Å². The molecule has 2 rings (SSSR count). The van der Waals surface area contributed by atoms with Crippen molar-refractivity contribution >= 4 is 33.7 Å². The normalized spacial score (nSPS) is 10.2. The van der Waals surface area contributed by atoms with Crippen molar-refractivity contribution in [3.05, 3.63) is 72.3 Å². The summed E-state index contributed by atoms with van der Waals surface area (Å²) in [6, 6.07) is 8.17. The van der Waals surface area contributed by atoms with Gasteiger partial charge in [0.2, 0.25) is 0 Å². The molecule has 0 bridgehead atoms. The van der Waals surface area contributed by atoms with Gasteiger partial charge >= 0.3 is 0 Å². The molecule has 102 valence electrons. The molecule has 2 aromatic heterocycles. The molecule has 0 saturated carbocycles. The van der Waals surface area contributed by atoms with Crippen LogP contribution in [0.4, 0.5) is 0 Å². The maximum Gasteiger partial charge on any atom is 0.0623 e. The fourth-order valence-electron chi connectivity index (χ4n) is 1.50. The molecular weight excluding hydrogens is 284 g/mol. The average molecular weight is 300 g/mol. The van der Waals surface area contributed by atoms with Crippen LogP contribution in [0, 0.1) is 0 Å². The molecule has 2 nitrogen and oxygen atoms in total. The van der Waals surface area contributed by atoms with Crippen molar-refractivity contribution in [2.75, 3.05) is 0 Å². The predicted octanol–water partition coefficient (Wildman–Crippen LogP) is 4.84. The van der Waals surface area contributed by atoms with Crippen molar-refractivity contribution in [1.82, 2.24) is 9.97 Å². The molecule has 2 aromatic rings. The summed E-state index contributed by atoms with van der Waals surface area (Å²) in [6.07, 6.45) is 7.33. The van der Waals surface area contributed by atoms with E-state index in [1.165, 1.54) is 11.1 Å². The molecular formula is C16H16N2S2. The Hall–Kier alpha value is -1.52. The first-order valence-electron chi connectivity index (χ1n) is 6.21. The fraction of sp³-hybridized carbons (Fsp3) is 0.125. The molecule has 0 fully saturated rings. The van der Waals surface area contributed by atoms with Crippen molar-refractivity contribution in [3.63, 3.8) is 0 Å². The van der Waals surface area contributed by atoms with Gasteiger partial charge in [-0.3, -0.25) is 9.97 Å². The van der Waals surface area contributed by atoms with Crippen LogP contribution in [0.2, 0.25) is 0 Å². The zero-order valence-electron chi connectivity index (χ0n) is 11.2. The van der Waals surface area contributed by atoms with E-state index in [1.54, 1.807) is 12.2 Å². The maximum absolute atomic E-state index is 4.29. The summed E-state index contributed by atoms with van der Waals surface area (Å²) in [6.45, 7) is 7.40. The standard InChI is InChI=1S/C16H16N2S2/c1-3-15-7-5-13(9-17-15)11-19-20-12-14-6-8-16(4-2)18-10-14/h3-10H,1-2,11-12H2. The third-order valence-electron chi connectivity index (χ3n) is 2.65. The highest BCUT2D eigenvalue weighted by Gasteiger charge is 1.98. The van der Waals surface area contributed by atoms with E-state index in [4.69, 9.17) is 0 Å². The summed E-state index contributed by atoms with van der Waals surface area (Å²) in [5.41, 5.74) is 4.29. The van der Waals surface area contributed by atoms with Crippen molar-refractivity contribution < 1.29 is 0 Å². The minimum absolute atomic E-state index is 0.916. The van der Waals surface area contributed by atoms with E-state index in [-0.39, 0.29) is 0 Å². The van der Waals surface area contributed by atoms with Crippen LogP contribution in [0.1, 0.15) is 22.5 Å². The molecule has 0 atom stereocenters. The van der Waals surface area contributed by atoms with Gasteiger partial charge in [0, 0.05) is 23.9 Å². The van der Waals surface area contributed by atoms with Crippen LogP contribution >= 0.6 is 21.6 Å². The lowest BCUT2D eigenvalue weighted by Crippen LogP contribution is -1.85. The van der Waals surface area contributed by atoms with Gasteiger partial charge in [-0.2, -0.15) is 0 Å². The Morgan fingerprint density at radius 3 is 1.55 bits per heavy atom. The second-order valence-corrected chi connectivity index (χ2v) is 6.58. The number of pyridine rings is 2. The van der Waals surface area contributed by atoms with E-state index in [1.807, 2.05) is 46.1 Å². The molecule has 0 unspecified atom stereocenters. The van der Waals surface area contributed by atoms with E-state index in [0.29, 0.717) is 0 Å². The Balaban J connectivity index is 1.74. The number of nitrogens with zero attached hydrogens (tertiary/aromatic N) is 2. The second-order valence-electron chi connectivity index (χ2n) is 4.12. The first-order chi connectivity index (χ1) is 9.81. The molecule has 0 N–H and O–H groups in total. The van der Waals surface area contributed by atoms with Gasteiger partial charge in [0.05, 0.1) is 11.4 Å². The lowest BCUT2D eigenvalue weighted by molar-refractivity contribution is 1.23. The van der Waals surface area contributed by atoms with Gasteiger partial charge in [-0.15, -0.1) is 0 Å². The van der Waals surface area contributed by atoms with E-state index >= 15 is 0 Å². The van der Waals surface area contributed by atoms with Gasteiger partial charge in [0.1, 0.15) is 0 Å². The molecule has 20 heavy (non-hydrogen) atoms. The highest BCUT2D eigenvalue weighted by molar-refractivity contribution is 8.76. The average Bonchev–Trinajstić information content (AvgIpc) is 2.53. The lowest BCUT2D eigenvalue weighted by Gasteiger charge is -2.02. The highest BCUT2D eigenvalue weighted by atomic mass is 33.1. The fourth-order valence-corrected chi connectivity index (χ4v) is 3.60. The summed E-state index contributed by atoms with van der Waals surface area (Å²) >= 11 is 0. The van der Waals surface area contributed by atoms with Crippen LogP contribution in [0.5, 0.6) is 0 Å². The SMILES string of the molecule is C=Cc1ccc(CSSCc2ccc(C=C)nc2)cn1. The summed E-state index contributed by atoms with van der Waals surface area (Å²) < 4.78 is 0. The zero-order chi connectivity index (χ0) is 14.2. The Morgan fingerprint density at radius 2 is 1.25 bits per heavy atom. The number of hydrogen-bond donors (Lipinski definition) is 0. The maximum atomic E-state index is 4.29. The molecule has 2 heterocycles. The van der Waals surface area contributed by atoms with Crippen molar-refractivity contribution in [1.29, 1.82) is 0 Å². The van der Waals surface area contributed by atoms with Gasteiger partial charge in [-0.1, -0.05) is 46.9 Å². The third kappa shape index (κ3) is 4.54. The van der Waals surface area contributed by atoms with Crippen LogP contribution in [-0.2, 0) is 11.5 Å². The predicted molar refractivity (Wildman–Crippen MR) is 91.2 cm³/mol. The topological polar surface area (TPSA) is 25.8 Å². The molecule has 0 aliphatic rings. The quantitative estimate of drug-likeness (QED) is 0.539. The lowest BCUT2D eigenvalue weighted by atomic mass is 10.3. The minimum atomic E-state index is 0.916.